The zero-order valence-corrected chi connectivity index (χ0v) is 14.0. The minimum absolute atomic E-state index is 0.227. The van der Waals surface area contributed by atoms with Gasteiger partial charge in [0.2, 0.25) is 5.91 Å². The number of aryl methyl sites for hydroxylation is 2. The number of carbonyl (C=O) groups is 1. The Labute approximate surface area is 125 Å². The zero-order chi connectivity index (χ0) is 14.4. The number of halogens is 1. The third-order valence-corrected chi connectivity index (χ3v) is 3.88. The third kappa shape index (κ3) is 4.98. The molecule has 0 unspecified atom stereocenters. The molecule has 1 aromatic rings. The molecule has 0 aliphatic carbocycles. The fourth-order valence-electron chi connectivity index (χ4n) is 2.16. The summed E-state index contributed by atoms with van der Waals surface area (Å²) in [5.74, 6) is 0.227. The van der Waals surface area contributed by atoms with Crippen LogP contribution in [0.4, 0.5) is 0 Å². The Morgan fingerprint density at radius 3 is 2.58 bits per heavy atom. The normalized spacial score (nSPS) is 10.8. The van der Waals surface area contributed by atoms with Crippen LogP contribution in [0.25, 0.3) is 0 Å². The molecule has 0 spiro atoms. The van der Waals surface area contributed by atoms with Crippen LogP contribution in [0.15, 0.2) is 18.2 Å². The molecule has 0 aromatic heterocycles. The summed E-state index contributed by atoms with van der Waals surface area (Å²) in [6.45, 7) is 9.12. The van der Waals surface area contributed by atoms with E-state index in [1.54, 1.807) is 0 Å². The highest BCUT2D eigenvalue weighted by molar-refractivity contribution is 9.09. The SMILES string of the molecule is Cc1ccc(C)c(CC(=O)N(CCCBr)C(C)C)c1. The van der Waals surface area contributed by atoms with Crippen LogP contribution in [0.3, 0.4) is 0 Å². The van der Waals surface area contributed by atoms with Crippen molar-refractivity contribution in [2.24, 2.45) is 0 Å². The molecule has 106 valence electrons. The molecule has 3 heteroatoms. The second-order valence-electron chi connectivity index (χ2n) is 5.33. The average molecular weight is 326 g/mol. The van der Waals surface area contributed by atoms with Crippen LogP contribution in [0, 0.1) is 13.8 Å². The molecule has 0 N–H and O–H groups in total. The summed E-state index contributed by atoms with van der Waals surface area (Å²) in [7, 11) is 0. The molecule has 0 bridgehead atoms. The van der Waals surface area contributed by atoms with Crippen LogP contribution in [-0.4, -0.2) is 28.7 Å². The van der Waals surface area contributed by atoms with E-state index in [0.717, 1.165) is 23.9 Å². The van der Waals surface area contributed by atoms with E-state index in [4.69, 9.17) is 0 Å². The molecular formula is C16H24BrNO. The van der Waals surface area contributed by atoms with Gasteiger partial charge in [-0.1, -0.05) is 39.7 Å². The summed E-state index contributed by atoms with van der Waals surface area (Å²) < 4.78 is 0. The zero-order valence-electron chi connectivity index (χ0n) is 12.4. The summed E-state index contributed by atoms with van der Waals surface area (Å²) in [5.41, 5.74) is 3.56. The second-order valence-corrected chi connectivity index (χ2v) is 6.12. The van der Waals surface area contributed by atoms with Crippen molar-refractivity contribution in [2.45, 2.75) is 46.6 Å². The van der Waals surface area contributed by atoms with Gasteiger partial charge in [0.25, 0.3) is 0 Å². The summed E-state index contributed by atoms with van der Waals surface area (Å²) in [6.07, 6.45) is 1.50. The van der Waals surface area contributed by atoms with E-state index in [9.17, 15) is 4.79 Å². The van der Waals surface area contributed by atoms with Crippen molar-refractivity contribution in [1.82, 2.24) is 4.90 Å². The van der Waals surface area contributed by atoms with Gasteiger partial charge in [-0.25, -0.2) is 0 Å². The molecule has 0 fully saturated rings. The lowest BCUT2D eigenvalue weighted by Gasteiger charge is -2.27. The van der Waals surface area contributed by atoms with Crippen LogP contribution in [0.1, 0.15) is 37.0 Å². The molecule has 19 heavy (non-hydrogen) atoms. The molecule has 0 saturated carbocycles. The number of rotatable bonds is 6. The van der Waals surface area contributed by atoms with E-state index in [0.29, 0.717) is 6.42 Å². The van der Waals surface area contributed by atoms with Crippen molar-refractivity contribution in [3.8, 4) is 0 Å². The predicted octanol–water partition coefficient (Wildman–Crippen LogP) is 3.87. The molecule has 1 aromatic carbocycles. The van der Waals surface area contributed by atoms with Gasteiger partial charge in [-0.3, -0.25) is 4.79 Å². The maximum atomic E-state index is 12.4. The summed E-state index contributed by atoms with van der Waals surface area (Å²) in [6, 6.07) is 6.57. The number of alkyl halides is 1. The van der Waals surface area contributed by atoms with E-state index in [2.05, 4.69) is 61.8 Å². The molecule has 0 saturated heterocycles. The highest BCUT2D eigenvalue weighted by atomic mass is 79.9. The maximum Gasteiger partial charge on any atom is 0.227 e. The van der Waals surface area contributed by atoms with Crippen molar-refractivity contribution in [1.29, 1.82) is 0 Å². The summed E-state index contributed by atoms with van der Waals surface area (Å²) in [4.78, 5) is 14.4. The minimum atomic E-state index is 0.227. The third-order valence-electron chi connectivity index (χ3n) is 3.32. The molecule has 1 rings (SSSR count). The fourth-order valence-corrected chi connectivity index (χ4v) is 2.41. The van der Waals surface area contributed by atoms with Gasteiger partial charge in [0.1, 0.15) is 0 Å². The number of nitrogens with zero attached hydrogens (tertiary/aromatic N) is 1. The van der Waals surface area contributed by atoms with Gasteiger partial charge in [-0.05, 0) is 45.2 Å². The maximum absolute atomic E-state index is 12.4. The Hall–Kier alpha value is -0.830. The smallest absolute Gasteiger partial charge is 0.227 e. The van der Waals surface area contributed by atoms with E-state index < -0.39 is 0 Å². The van der Waals surface area contributed by atoms with E-state index in [1.165, 1.54) is 11.1 Å². The van der Waals surface area contributed by atoms with E-state index in [1.807, 2.05) is 4.90 Å². The average Bonchev–Trinajstić information content (AvgIpc) is 2.34. The Bertz CT molecular complexity index is 429. The first-order valence-electron chi connectivity index (χ1n) is 6.87. The van der Waals surface area contributed by atoms with Crippen LogP contribution >= 0.6 is 15.9 Å². The first-order chi connectivity index (χ1) is 8.95. The lowest BCUT2D eigenvalue weighted by atomic mass is 10.0. The van der Waals surface area contributed by atoms with Crippen molar-refractivity contribution in [3.63, 3.8) is 0 Å². The molecular weight excluding hydrogens is 302 g/mol. The number of hydrogen-bond donors (Lipinski definition) is 0. The Morgan fingerprint density at radius 1 is 1.32 bits per heavy atom. The summed E-state index contributed by atoms with van der Waals surface area (Å²) in [5, 5.41) is 0.937. The van der Waals surface area contributed by atoms with Crippen molar-refractivity contribution in [3.05, 3.63) is 34.9 Å². The largest absolute Gasteiger partial charge is 0.340 e. The number of benzene rings is 1. The van der Waals surface area contributed by atoms with Gasteiger partial charge in [0.05, 0.1) is 6.42 Å². The second kappa shape index (κ2) is 7.68. The van der Waals surface area contributed by atoms with Gasteiger partial charge in [-0.2, -0.15) is 0 Å². The first-order valence-corrected chi connectivity index (χ1v) is 7.99. The van der Waals surface area contributed by atoms with Gasteiger partial charge in [0.15, 0.2) is 0 Å². The van der Waals surface area contributed by atoms with Crippen molar-refractivity contribution in [2.75, 3.05) is 11.9 Å². The molecule has 0 heterocycles. The van der Waals surface area contributed by atoms with Crippen LogP contribution in [-0.2, 0) is 11.2 Å². The van der Waals surface area contributed by atoms with Gasteiger partial charge < -0.3 is 4.90 Å². The first kappa shape index (κ1) is 16.2. The lowest BCUT2D eigenvalue weighted by molar-refractivity contribution is -0.132. The molecule has 0 radical (unpaired) electrons. The number of amides is 1. The highest BCUT2D eigenvalue weighted by Crippen LogP contribution is 2.14. The lowest BCUT2D eigenvalue weighted by Crippen LogP contribution is -2.39. The molecule has 2 nitrogen and oxygen atoms in total. The predicted molar refractivity (Wildman–Crippen MR) is 84.9 cm³/mol. The number of carbonyl (C=O) groups excluding carboxylic acids is 1. The van der Waals surface area contributed by atoms with Gasteiger partial charge in [-0.15, -0.1) is 0 Å². The quantitative estimate of drug-likeness (QED) is 0.727. The van der Waals surface area contributed by atoms with E-state index in [-0.39, 0.29) is 11.9 Å². The topological polar surface area (TPSA) is 20.3 Å². The Kier molecular flexibility index (Phi) is 6.56. The molecule has 0 aliphatic heterocycles. The Morgan fingerprint density at radius 2 is 2.00 bits per heavy atom. The van der Waals surface area contributed by atoms with Gasteiger partial charge >= 0.3 is 0 Å². The molecule has 0 atom stereocenters. The molecule has 1 amide bonds. The Balaban J connectivity index is 2.78. The minimum Gasteiger partial charge on any atom is -0.340 e. The van der Waals surface area contributed by atoms with Gasteiger partial charge in [0, 0.05) is 17.9 Å². The molecule has 0 aliphatic rings. The fraction of sp³-hybridized carbons (Fsp3) is 0.562. The van der Waals surface area contributed by atoms with E-state index >= 15 is 0 Å². The summed E-state index contributed by atoms with van der Waals surface area (Å²) >= 11 is 3.43. The van der Waals surface area contributed by atoms with Crippen molar-refractivity contribution < 1.29 is 4.79 Å². The standard InChI is InChI=1S/C16H24BrNO/c1-12(2)18(9-5-8-17)16(19)11-15-10-13(3)6-7-14(15)4/h6-7,10,12H,5,8-9,11H2,1-4H3. The number of hydrogen-bond acceptors (Lipinski definition) is 1. The highest BCUT2D eigenvalue weighted by Gasteiger charge is 2.17. The van der Waals surface area contributed by atoms with Crippen LogP contribution in [0.5, 0.6) is 0 Å². The van der Waals surface area contributed by atoms with Crippen LogP contribution < -0.4 is 0 Å². The van der Waals surface area contributed by atoms with Crippen molar-refractivity contribution >= 4 is 21.8 Å². The monoisotopic (exact) mass is 325 g/mol. The van der Waals surface area contributed by atoms with Crippen LogP contribution in [0.2, 0.25) is 0 Å².